The van der Waals surface area contributed by atoms with Crippen LogP contribution in [-0.2, 0) is 17.7 Å². The van der Waals surface area contributed by atoms with Crippen LogP contribution >= 0.6 is 0 Å². The minimum Gasteiger partial charge on any atom is -0.378 e. The molecule has 0 N–H and O–H groups in total. The maximum absolute atomic E-state index is 13.5. The van der Waals surface area contributed by atoms with Gasteiger partial charge in [-0.25, -0.2) is 4.98 Å². The molecule has 1 fully saturated rings. The second-order valence-corrected chi connectivity index (χ2v) is 7.63. The van der Waals surface area contributed by atoms with Gasteiger partial charge >= 0.3 is 0 Å². The van der Waals surface area contributed by atoms with E-state index in [2.05, 4.69) is 4.98 Å². The van der Waals surface area contributed by atoms with E-state index >= 15 is 0 Å². The normalized spacial score (nSPS) is 16.4. The molecule has 0 unspecified atom stereocenters. The second kappa shape index (κ2) is 8.37. The monoisotopic (exact) mass is 396 g/mol. The Morgan fingerprint density at radius 1 is 1.17 bits per heavy atom. The summed E-state index contributed by atoms with van der Waals surface area (Å²) < 4.78 is 7.34. The van der Waals surface area contributed by atoms with Crippen molar-refractivity contribution in [3.8, 4) is 0 Å². The molecule has 7 nitrogen and oxygen atoms in total. The van der Waals surface area contributed by atoms with Crippen molar-refractivity contribution in [3.05, 3.63) is 47.0 Å². The predicted molar refractivity (Wildman–Crippen MR) is 110 cm³/mol. The van der Waals surface area contributed by atoms with Gasteiger partial charge in [0.2, 0.25) is 0 Å². The fourth-order valence-corrected chi connectivity index (χ4v) is 4.15. The molecule has 2 amide bonds. The quantitative estimate of drug-likeness (QED) is 0.797. The second-order valence-electron chi connectivity index (χ2n) is 7.63. The number of ether oxygens (including phenoxy) is 1. The van der Waals surface area contributed by atoms with E-state index in [1.54, 1.807) is 9.80 Å². The minimum atomic E-state index is -0.134. The van der Waals surface area contributed by atoms with Gasteiger partial charge in [-0.15, -0.1) is 0 Å². The number of imidazole rings is 1. The highest BCUT2D eigenvalue weighted by Gasteiger charge is 2.32. The molecule has 2 aliphatic rings. The fraction of sp³-hybridized carbons (Fsp3) is 0.500. The van der Waals surface area contributed by atoms with E-state index < -0.39 is 0 Å². The molecule has 1 saturated heterocycles. The molecule has 2 aromatic rings. The van der Waals surface area contributed by atoms with Crippen molar-refractivity contribution in [1.29, 1.82) is 0 Å². The molecule has 0 aliphatic carbocycles. The first-order valence-corrected chi connectivity index (χ1v) is 10.4. The lowest BCUT2D eigenvalue weighted by molar-refractivity contribution is 0.0291. The van der Waals surface area contributed by atoms with Crippen molar-refractivity contribution in [3.63, 3.8) is 0 Å². The first-order valence-electron chi connectivity index (χ1n) is 10.4. The third kappa shape index (κ3) is 3.79. The molecular formula is C22H28N4O3. The van der Waals surface area contributed by atoms with Gasteiger partial charge in [0.25, 0.3) is 11.8 Å². The van der Waals surface area contributed by atoms with Gasteiger partial charge in [-0.3, -0.25) is 9.59 Å². The van der Waals surface area contributed by atoms with Crippen molar-refractivity contribution >= 4 is 17.5 Å². The van der Waals surface area contributed by atoms with Crippen LogP contribution in [0.15, 0.2) is 24.3 Å². The summed E-state index contributed by atoms with van der Waals surface area (Å²) in [6, 6.07) is 7.91. The number of carbonyl (C=O) groups is 2. The number of hydrogen-bond donors (Lipinski definition) is 0. The molecule has 0 bridgehead atoms. The Balaban J connectivity index is 1.70. The third-order valence-corrected chi connectivity index (χ3v) is 5.68. The summed E-state index contributed by atoms with van der Waals surface area (Å²) in [6.07, 6.45) is 2.78. The number of hydrogen-bond acceptors (Lipinski definition) is 4. The van der Waals surface area contributed by atoms with E-state index in [0.717, 1.165) is 42.8 Å². The van der Waals surface area contributed by atoms with Gasteiger partial charge in [0.15, 0.2) is 11.5 Å². The first-order chi connectivity index (χ1) is 14.1. The van der Waals surface area contributed by atoms with Crippen LogP contribution in [0.1, 0.15) is 52.1 Å². The Morgan fingerprint density at radius 2 is 1.97 bits per heavy atom. The largest absolute Gasteiger partial charge is 0.378 e. The zero-order valence-corrected chi connectivity index (χ0v) is 17.2. The zero-order chi connectivity index (χ0) is 20.4. The molecule has 154 valence electrons. The van der Waals surface area contributed by atoms with Crippen LogP contribution in [0.3, 0.4) is 0 Å². The van der Waals surface area contributed by atoms with Crippen LogP contribution < -0.4 is 4.90 Å². The number of aryl methyl sites for hydroxylation is 1. The number of morpholine rings is 1. The maximum atomic E-state index is 13.5. The van der Waals surface area contributed by atoms with Crippen LogP contribution in [-0.4, -0.2) is 59.1 Å². The van der Waals surface area contributed by atoms with Crippen LogP contribution in [0, 0.1) is 6.92 Å². The molecular weight excluding hydrogens is 368 g/mol. The summed E-state index contributed by atoms with van der Waals surface area (Å²) >= 11 is 0. The molecule has 0 saturated carbocycles. The number of aromatic nitrogens is 2. The molecule has 29 heavy (non-hydrogen) atoms. The summed E-state index contributed by atoms with van der Waals surface area (Å²) in [5.74, 6) is 0.157. The van der Waals surface area contributed by atoms with E-state index in [4.69, 9.17) is 4.74 Å². The SMILES string of the molecule is CCN(C(=O)c1nc(C(=O)N2CCOCC2)n2c1CCCC2)c1cccc(C)c1. The summed E-state index contributed by atoms with van der Waals surface area (Å²) in [7, 11) is 0. The molecule has 0 radical (unpaired) electrons. The summed E-state index contributed by atoms with van der Waals surface area (Å²) in [5, 5.41) is 0. The van der Waals surface area contributed by atoms with Crippen LogP contribution in [0.4, 0.5) is 5.69 Å². The Morgan fingerprint density at radius 3 is 2.69 bits per heavy atom. The predicted octanol–water partition coefficient (Wildman–Crippen LogP) is 2.67. The Bertz CT molecular complexity index is 915. The summed E-state index contributed by atoms with van der Waals surface area (Å²) in [4.78, 5) is 34.7. The van der Waals surface area contributed by atoms with Crippen LogP contribution in [0.25, 0.3) is 0 Å². The van der Waals surface area contributed by atoms with E-state index in [-0.39, 0.29) is 11.8 Å². The van der Waals surface area contributed by atoms with Crippen molar-refractivity contribution in [2.75, 3.05) is 37.7 Å². The molecule has 7 heteroatoms. The molecule has 2 aliphatic heterocycles. The van der Waals surface area contributed by atoms with Gasteiger partial charge in [0, 0.05) is 31.9 Å². The first kappa shape index (κ1) is 19.6. The maximum Gasteiger partial charge on any atom is 0.290 e. The Labute approximate surface area is 171 Å². The number of nitrogens with zero attached hydrogens (tertiary/aromatic N) is 4. The third-order valence-electron chi connectivity index (χ3n) is 5.68. The lowest BCUT2D eigenvalue weighted by atomic mass is 10.1. The highest BCUT2D eigenvalue weighted by Crippen LogP contribution is 2.25. The van der Waals surface area contributed by atoms with Gasteiger partial charge in [-0.05, 0) is 50.8 Å². The van der Waals surface area contributed by atoms with Crippen molar-refractivity contribution in [2.45, 2.75) is 39.7 Å². The Kier molecular flexibility index (Phi) is 5.67. The average Bonchev–Trinajstić information content (AvgIpc) is 3.14. The molecule has 1 aromatic carbocycles. The van der Waals surface area contributed by atoms with Gasteiger partial charge < -0.3 is 19.1 Å². The minimum absolute atomic E-state index is 0.103. The standard InChI is InChI=1S/C22H28N4O3/c1-3-25(17-8-6-7-16(2)15-17)21(27)19-18-9-4-5-10-26(18)20(23-19)22(28)24-11-13-29-14-12-24/h6-8,15H,3-5,9-14H2,1-2H3. The lowest BCUT2D eigenvalue weighted by Gasteiger charge is -2.27. The smallest absolute Gasteiger partial charge is 0.290 e. The summed E-state index contributed by atoms with van der Waals surface area (Å²) in [6.45, 7) is 7.47. The van der Waals surface area contributed by atoms with Gasteiger partial charge in [0.05, 0.1) is 18.9 Å². The van der Waals surface area contributed by atoms with Crippen LogP contribution in [0.5, 0.6) is 0 Å². The van der Waals surface area contributed by atoms with Gasteiger partial charge in [-0.1, -0.05) is 12.1 Å². The molecule has 0 atom stereocenters. The van der Waals surface area contributed by atoms with Gasteiger partial charge in [-0.2, -0.15) is 0 Å². The summed E-state index contributed by atoms with van der Waals surface area (Å²) in [5.41, 5.74) is 3.27. The van der Waals surface area contributed by atoms with Crippen LogP contribution in [0.2, 0.25) is 0 Å². The van der Waals surface area contributed by atoms with Crippen molar-refractivity contribution < 1.29 is 14.3 Å². The number of benzene rings is 1. The molecule has 3 heterocycles. The highest BCUT2D eigenvalue weighted by molar-refractivity contribution is 6.06. The van der Waals surface area contributed by atoms with E-state index in [9.17, 15) is 9.59 Å². The zero-order valence-electron chi connectivity index (χ0n) is 17.2. The van der Waals surface area contributed by atoms with E-state index in [0.29, 0.717) is 44.4 Å². The molecule has 1 aromatic heterocycles. The van der Waals surface area contributed by atoms with Gasteiger partial charge in [0.1, 0.15) is 0 Å². The number of fused-ring (bicyclic) bond motifs is 1. The lowest BCUT2D eigenvalue weighted by Crippen LogP contribution is -2.42. The molecule has 0 spiro atoms. The molecule has 4 rings (SSSR count). The Hall–Kier alpha value is -2.67. The van der Waals surface area contributed by atoms with Crippen molar-refractivity contribution in [1.82, 2.24) is 14.5 Å². The number of amides is 2. The van der Waals surface area contributed by atoms with E-state index in [1.807, 2.05) is 42.7 Å². The number of rotatable bonds is 4. The number of anilines is 1. The number of carbonyl (C=O) groups excluding carboxylic acids is 2. The topological polar surface area (TPSA) is 67.7 Å². The highest BCUT2D eigenvalue weighted by atomic mass is 16.5. The van der Waals surface area contributed by atoms with Crippen molar-refractivity contribution in [2.24, 2.45) is 0 Å². The van der Waals surface area contributed by atoms with E-state index in [1.165, 1.54) is 0 Å². The average molecular weight is 396 g/mol. The fourth-order valence-electron chi connectivity index (χ4n) is 4.15.